The minimum atomic E-state index is 0.729. The molecule has 0 radical (unpaired) electrons. The molecule has 100 valence electrons. The largest absolute Gasteiger partial charge is 0.313 e. The molecule has 17 heavy (non-hydrogen) atoms. The smallest absolute Gasteiger partial charge is 0.0192 e. The van der Waals surface area contributed by atoms with E-state index in [1.54, 1.807) is 0 Å². The van der Waals surface area contributed by atoms with Crippen LogP contribution in [0.25, 0.3) is 0 Å². The van der Waals surface area contributed by atoms with E-state index in [4.69, 9.17) is 0 Å². The van der Waals surface area contributed by atoms with Crippen molar-refractivity contribution in [3.05, 3.63) is 0 Å². The van der Waals surface area contributed by atoms with E-state index in [0.717, 1.165) is 17.3 Å². The highest BCUT2D eigenvalue weighted by Gasteiger charge is 2.28. The first-order valence-corrected chi connectivity index (χ1v) is 8.62. The van der Waals surface area contributed by atoms with E-state index < -0.39 is 0 Å². The maximum Gasteiger partial charge on any atom is 0.0192 e. The first-order chi connectivity index (χ1) is 8.33. The van der Waals surface area contributed by atoms with Gasteiger partial charge in [-0.1, -0.05) is 13.3 Å². The molecule has 0 aromatic rings. The molecule has 3 unspecified atom stereocenters. The Hall–Kier alpha value is 0.270. The third kappa shape index (κ3) is 3.87. The van der Waals surface area contributed by atoms with Gasteiger partial charge in [0.05, 0.1) is 0 Å². The Morgan fingerprint density at radius 2 is 2.18 bits per heavy atom. The fourth-order valence-electron chi connectivity index (χ4n) is 3.30. The lowest BCUT2D eigenvalue weighted by Crippen LogP contribution is -2.44. The summed E-state index contributed by atoms with van der Waals surface area (Å²) < 4.78 is 0. The fourth-order valence-corrected chi connectivity index (χ4v) is 4.12. The van der Waals surface area contributed by atoms with Gasteiger partial charge in [0.25, 0.3) is 0 Å². The number of nitrogens with one attached hydrogen (secondary N) is 1. The van der Waals surface area contributed by atoms with Gasteiger partial charge >= 0.3 is 0 Å². The van der Waals surface area contributed by atoms with Crippen molar-refractivity contribution in [2.24, 2.45) is 0 Å². The molecule has 3 heteroatoms. The van der Waals surface area contributed by atoms with Crippen molar-refractivity contribution < 1.29 is 0 Å². The van der Waals surface area contributed by atoms with Gasteiger partial charge in [-0.3, -0.25) is 4.90 Å². The van der Waals surface area contributed by atoms with Crippen LogP contribution in [0, 0.1) is 0 Å². The van der Waals surface area contributed by atoms with Crippen LogP contribution in [0.2, 0.25) is 0 Å². The van der Waals surface area contributed by atoms with Crippen molar-refractivity contribution in [3.63, 3.8) is 0 Å². The first kappa shape index (κ1) is 13.7. The third-order valence-electron chi connectivity index (χ3n) is 4.45. The zero-order valence-corrected chi connectivity index (χ0v) is 12.3. The standard InChI is InChI=1S/C14H28N2S/c1-3-12-11-16(9-5-8-15-12)13-6-4-7-14(10-13)17-2/h12-15H,3-11H2,1-2H3. The van der Waals surface area contributed by atoms with E-state index in [9.17, 15) is 0 Å². The Bertz CT molecular complexity index is 222. The second kappa shape index (κ2) is 7.01. The maximum absolute atomic E-state index is 3.68. The van der Waals surface area contributed by atoms with Crippen LogP contribution in [0.3, 0.4) is 0 Å². The molecule has 2 nitrogen and oxygen atoms in total. The van der Waals surface area contributed by atoms with Crippen molar-refractivity contribution in [1.82, 2.24) is 10.2 Å². The van der Waals surface area contributed by atoms with Crippen LogP contribution in [0.15, 0.2) is 0 Å². The lowest BCUT2D eigenvalue weighted by Gasteiger charge is -2.37. The molecular weight excluding hydrogens is 228 g/mol. The first-order valence-electron chi connectivity index (χ1n) is 7.33. The molecular formula is C14H28N2S. The van der Waals surface area contributed by atoms with Gasteiger partial charge in [-0.2, -0.15) is 11.8 Å². The Kier molecular flexibility index (Phi) is 5.64. The molecule has 0 aromatic heterocycles. The molecule has 0 amide bonds. The summed E-state index contributed by atoms with van der Waals surface area (Å²) in [6.07, 6.45) is 10.6. The Morgan fingerprint density at radius 3 is 2.94 bits per heavy atom. The van der Waals surface area contributed by atoms with Gasteiger partial charge in [-0.05, 0) is 51.4 Å². The summed E-state index contributed by atoms with van der Waals surface area (Å²) in [6.45, 7) is 6.12. The molecule has 2 aliphatic rings. The molecule has 1 saturated carbocycles. The summed E-state index contributed by atoms with van der Waals surface area (Å²) >= 11 is 2.08. The van der Waals surface area contributed by atoms with Crippen LogP contribution in [-0.2, 0) is 0 Å². The van der Waals surface area contributed by atoms with Crippen molar-refractivity contribution in [2.45, 2.75) is 62.8 Å². The molecule has 2 rings (SSSR count). The van der Waals surface area contributed by atoms with Gasteiger partial charge in [0, 0.05) is 23.9 Å². The van der Waals surface area contributed by atoms with Crippen LogP contribution in [0.5, 0.6) is 0 Å². The lowest BCUT2D eigenvalue weighted by atomic mass is 9.93. The van der Waals surface area contributed by atoms with Crippen LogP contribution in [0.1, 0.15) is 45.4 Å². The zero-order valence-electron chi connectivity index (χ0n) is 11.5. The number of rotatable bonds is 3. The van der Waals surface area contributed by atoms with Crippen molar-refractivity contribution in [1.29, 1.82) is 0 Å². The second-order valence-electron chi connectivity index (χ2n) is 5.59. The van der Waals surface area contributed by atoms with E-state index in [2.05, 4.69) is 35.2 Å². The number of nitrogens with zero attached hydrogens (tertiary/aromatic N) is 1. The molecule has 3 atom stereocenters. The molecule has 1 N–H and O–H groups in total. The second-order valence-corrected chi connectivity index (χ2v) is 6.72. The van der Waals surface area contributed by atoms with Gasteiger partial charge < -0.3 is 5.32 Å². The SMILES string of the molecule is CCC1CN(C2CCCC(SC)C2)CCCN1. The number of thioether (sulfide) groups is 1. The molecule has 0 aromatic carbocycles. The molecule has 1 aliphatic carbocycles. The van der Waals surface area contributed by atoms with Crippen LogP contribution in [-0.4, -0.2) is 48.1 Å². The Labute approximate surface area is 111 Å². The van der Waals surface area contributed by atoms with Crippen LogP contribution >= 0.6 is 11.8 Å². The maximum atomic E-state index is 3.68. The topological polar surface area (TPSA) is 15.3 Å². The van der Waals surface area contributed by atoms with Gasteiger partial charge in [-0.15, -0.1) is 0 Å². The quantitative estimate of drug-likeness (QED) is 0.836. The van der Waals surface area contributed by atoms with Gasteiger partial charge in [0.15, 0.2) is 0 Å². The minimum Gasteiger partial charge on any atom is -0.313 e. The van der Waals surface area contributed by atoms with Crippen molar-refractivity contribution in [3.8, 4) is 0 Å². The number of hydrogen-bond acceptors (Lipinski definition) is 3. The minimum absolute atomic E-state index is 0.729. The number of hydrogen-bond donors (Lipinski definition) is 1. The van der Waals surface area contributed by atoms with E-state index >= 15 is 0 Å². The highest BCUT2D eigenvalue weighted by molar-refractivity contribution is 7.99. The summed E-state index contributed by atoms with van der Waals surface area (Å²) in [6, 6.07) is 1.60. The fraction of sp³-hybridized carbons (Fsp3) is 1.00. The summed E-state index contributed by atoms with van der Waals surface area (Å²) in [7, 11) is 0. The molecule has 1 aliphatic heterocycles. The Morgan fingerprint density at radius 1 is 1.29 bits per heavy atom. The van der Waals surface area contributed by atoms with Crippen molar-refractivity contribution in [2.75, 3.05) is 25.9 Å². The highest BCUT2D eigenvalue weighted by atomic mass is 32.2. The van der Waals surface area contributed by atoms with E-state index in [-0.39, 0.29) is 0 Å². The molecule has 1 heterocycles. The highest BCUT2D eigenvalue weighted by Crippen LogP contribution is 2.30. The molecule has 0 spiro atoms. The van der Waals surface area contributed by atoms with Crippen LogP contribution < -0.4 is 5.32 Å². The van der Waals surface area contributed by atoms with Gasteiger partial charge in [0.2, 0.25) is 0 Å². The molecule has 2 fully saturated rings. The van der Waals surface area contributed by atoms with Crippen molar-refractivity contribution >= 4 is 11.8 Å². The molecule has 0 bridgehead atoms. The van der Waals surface area contributed by atoms with Crippen LogP contribution in [0.4, 0.5) is 0 Å². The van der Waals surface area contributed by atoms with Gasteiger partial charge in [-0.25, -0.2) is 0 Å². The summed E-state index contributed by atoms with van der Waals surface area (Å²) in [5.74, 6) is 0. The van der Waals surface area contributed by atoms with E-state index in [0.29, 0.717) is 0 Å². The predicted molar refractivity (Wildman–Crippen MR) is 77.8 cm³/mol. The summed E-state index contributed by atoms with van der Waals surface area (Å²) in [5, 5.41) is 4.60. The zero-order chi connectivity index (χ0) is 12.1. The average Bonchev–Trinajstić information content (AvgIpc) is 2.64. The third-order valence-corrected chi connectivity index (χ3v) is 5.55. The summed E-state index contributed by atoms with van der Waals surface area (Å²) in [4.78, 5) is 2.79. The normalized spacial score (nSPS) is 36.7. The molecule has 1 saturated heterocycles. The lowest BCUT2D eigenvalue weighted by molar-refractivity contribution is 0.155. The Balaban J connectivity index is 1.90. The van der Waals surface area contributed by atoms with E-state index in [1.165, 1.54) is 58.2 Å². The predicted octanol–water partition coefficient (Wildman–Crippen LogP) is 2.73. The monoisotopic (exact) mass is 256 g/mol. The van der Waals surface area contributed by atoms with E-state index in [1.807, 2.05) is 0 Å². The van der Waals surface area contributed by atoms with Gasteiger partial charge in [0.1, 0.15) is 0 Å². The summed E-state index contributed by atoms with van der Waals surface area (Å²) in [5.41, 5.74) is 0. The average molecular weight is 256 g/mol.